The van der Waals surface area contributed by atoms with Crippen LogP contribution in [0.1, 0.15) is 50.3 Å². The predicted octanol–water partition coefficient (Wildman–Crippen LogP) is 6.08. The third-order valence-corrected chi connectivity index (χ3v) is 7.66. The van der Waals surface area contributed by atoms with E-state index in [4.69, 9.17) is 23.2 Å². The molecule has 0 aliphatic carbocycles. The SMILES string of the molecule is CSC[C@H](C)NC(=O)c1cc(Cl)cc(C)c1CC(=O)c1cc(Cn2ncc(C(F)(F)C(F)(F)F)n2)nn1-c1ncccc1Cl. The number of ketones is 1. The number of aryl methyl sites for hydroxylation is 1. The molecule has 0 radical (unpaired) electrons. The van der Waals surface area contributed by atoms with E-state index in [1.54, 1.807) is 30.8 Å². The molecule has 1 amide bonds. The number of alkyl halides is 5. The molecule has 0 aliphatic rings. The van der Waals surface area contributed by atoms with Crippen LogP contribution in [0, 0.1) is 6.92 Å². The van der Waals surface area contributed by atoms with Gasteiger partial charge in [-0.3, -0.25) is 9.59 Å². The first-order valence-electron chi connectivity index (χ1n) is 12.8. The molecular weight excluding hydrogens is 652 g/mol. The van der Waals surface area contributed by atoms with E-state index in [2.05, 4.69) is 25.6 Å². The highest BCUT2D eigenvalue weighted by Crippen LogP contribution is 2.42. The van der Waals surface area contributed by atoms with Crippen molar-refractivity contribution in [1.29, 1.82) is 0 Å². The molecule has 0 fully saturated rings. The Morgan fingerprint density at radius 1 is 1.11 bits per heavy atom. The number of Topliss-reactive ketones (excluding diaryl/α,β-unsaturated/α-hetero) is 1. The second kappa shape index (κ2) is 13.2. The molecule has 0 spiro atoms. The van der Waals surface area contributed by atoms with E-state index in [0.717, 1.165) is 4.68 Å². The van der Waals surface area contributed by atoms with Gasteiger partial charge in [-0.25, -0.2) is 9.67 Å². The number of halogens is 7. The van der Waals surface area contributed by atoms with E-state index in [1.807, 2.05) is 13.2 Å². The summed E-state index contributed by atoms with van der Waals surface area (Å²) in [4.78, 5) is 31.8. The zero-order chi connectivity index (χ0) is 32.4. The summed E-state index contributed by atoms with van der Waals surface area (Å²) in [5, 5.41) is 14.4. The lowest BCUT2D eigenvalue weighted by Gasteiger charge is -2.17. The van der Waals surface area contributed by atoms with Crippen LogP contribution in [0.5, 0.6) is 0 Å². The maximum atomic E-state index is 13.8. The minimum Gasteiger partial charge on any atom is -0.349 e. The minimum atomic E-state index is -5.87. The Morgan fingerprint density at radius 3 is 2.50 bits per heavy atom. The molecule has 0 saturated carbocycles. The number of carbonyl (C=O) groups is 2. The number of thioether (sulfide) groups is 1. The van der Waals surface area contributed by atoms with Crippen molar-refractivity contribution in [3.63, 3.8) is 0 Å². The van der Waals surface area contributed by atoms with Gasteiger partial charge < -0.3 is 5.32 Å². The first-order chi connectivity index (χ1) is 20.6. The fourth-order valence-electron chi connectivity index (χ4n) is 4.26. The van der Waals surface area contributed by atoms with Crippen LogP contribution in [0.25, 0.3) is 5.82 Å². The third-order valence-electron chi connectivity index (χ3n) is 6.32. The van der Waals surface area contributed by atoms with Gasteiger partial charge in [-0.1, -0.05) is 23.2 Å². The summed E-state index contributed by atoms with van der Waals surface area (Å²) in [6.07, 6.45) is -2.53. The Balaban J connectivity index is 1.71. The van der Waals surface area contributed by atoms with Crippen molar-refractivity contribution >= 4 is 46.7 Å². The van der Waals surface area contributed by atoms with E-state index >= 15 is 0 Å². The Labute approximate surface area is 262 Å². The van der Waals surface area contributed by atoms with Crippen molar-refractivity contribution < 1.29 is 31.5 Å². The van der Waals surface area contributed by atoms with E-state index in [9.17, 15) is 31.5 Å². The summed E-state index contributed by atoms with van der Waals surface area (Å²) < 4.78 is 67.0. The summed E-state index contributed by atoms with van der Waals surface area (Å²) in [6, 6.07) is 7.26. The number of rotatable bonds is 11. The Morgan fingerprint density at radius 2 is 1.84 bits per heavy atom. The van der Waals surface area contributed by atoms with Crippen molar-refractivity contribution in [3.8, 4) is 5.82 Å². The van der Waals surface area contributed by atoms with E-state index < -0.39 is 36.0 Å². The number of nitrogens with one attached hydrogen (secondary N) is 1. The fourth-order valence-corrected chi connectivity index (χ4v) is 5.32. The highest BCUT2D eigenvalue weighted by atomic mass is 35.5. The summed E-state index contributed by atoms with van der Waals surface area (Å²) in [7, 11) is 0. The van der Waals surface area contributed by atoms with Gasteiger partial charge in [-0.05, 0) is 61.6 Å². The van der Waals surface area contributed by atoms with E-state index in [-0.39, 0.29) is 40.3 Å². The molecule has 9 nitrogen and oxygen atoms in total. The van der Waals surface area contributed by atoms with Crippen LogP contribution in [0.2, 0.25) is 10.0 Å². The van der Waals surface area contributed by atoms with Gasteiger partial charge in [-0.2, -0.15) is 53.8 Å². The topological polar surface area (TPSA) is 108 Å². The number of carbonyl (C=O) groups excluding carboxylic acids is 2. The van der Waals surface area contributed by atoms with Crippen LogP contribution in [0.4, 0.5) is 22.0 Å². The molecule has 4 rings (SSSR count). The van der Waals surface area contributed by atoms with Crippen LogP contribution in [0.3, 0.4) is 0 Å². The molecule has 4 aromatic rings. The van der Waals surface area contributed by atoms with Gasteiger partial charge in [0.15, 0.2) is 17.3 Å². The molecule has 0 aliphatic heterocycles. The standard InChI is InChI=1S/C27H24Cl2F5N7O2S/c1-14-7-16(28)8-19(25(43)37-15(2)13-44-3)18(14)10-22(42)21-9-17(38-41(21)24-20(29)5-4-6-35-24)12-40-36-11-23(39-40)26(30,31)27(32,33)34/h4-9,11,15H,10,12-13H2,1-3H3,(H,37,43)/t15-/m0/s1. The van der Waals surface area contributed by atoms with Gasteiger partial charge in [0.2, 0.25) is 0 Å². The molecule has 3 aromatic heterocycles. The van der Waals surface area contributed by atoms with Crippen LogP contribution < -0.4 is 5.32 Å². The molecule has 17 heteroatoms. The van der Waals surface area contributed by atoms with Gasteiger partial charge in [-0.15, -0.1) is 0 Å². The number of nitrogens with zero attached hydrogens (tertiary/aromatic N) is 6. The Kier molecular flexibility index (Phi) is 10.0. The Hall–Kier alpha value is -3.56. The zero-order valence-corrected chi connectivity index (χ0v) is 25.6. The van der Waals surface area contributed by atoms with E-state index in [0.29, 0.717) is 32.9 Å². The van der Waals surface area contributed by atoms with Gasteiger partial charge >= 0.3 is 12.1 Å². The molecule has 0 saturated heterocycles. The number of benzene rings is 1. The lowest BCUT2D eigenvalue weighted by molar-refractivity contribution is -0.291. The summed E-state index contributed by atoms with van der Waals surface area (Å²) in [6.45, 7) is 3.08. The van der Waals surface area contributed by atoms with Crippen molar-refractivity contribution in [2.45, 2.75) is 45.0 Å². The number of aromatic nitrogens is 6. The second-order valence-corrected chi connectivity index (χ2v) is 11.5. The largest absolute Gasteiger partial charge is 0.459 e. The maximum Gasteiger partial charge on any atom is 0.459 e. The number of pyridine rings is 1. The molecule has 3 heterocycles. The zero-order valence-electron chi connectivity index (χ0n) is 23.3. The highest BCUT2D eigenvalue weighted by Gasteiger charge is 2.60. The van der Waals surface area contributed by atoms with Crippen molar-refractivity contribution in [2.75, 3.05) is 12.0 Å². The average Bonchev–Trinajstić information content (AvgIpc) is 3.57. The molecule has 1 N–H and O–H groups in total. The van der Waals surface area contributed by atoms with Gasteiger partial charge in [0.1, 0.15) is 12.2 Å². The van der Waals surface area contributed by atoms with Crippen LogP contribution in [-0.4, -0.2) is 65.7 Å². The lowest BCUT2D eigenvalue weighted by atomic mass is 9.95. The predicted molar refractivity (Wildman–Crippen MR) is 155 cm³/mol. The minimum absolute atomic E-state index is 0.0317. The van der Waals surface area contributed by atoms with E-state index in [1.165, 1.54) is 24.4 Å². The first-order valence-corrected chi connectivity index (χ1v) is 14.9. The molecule has 0 bridgehead atoms. The van der Waals surface area contributed by atoms with Gasteiger partial charge in [0, 0.05) is 35.0 Å². The molecular formula is C27H24Cl2F5N7O2S. The van der Waals surface area contributed by atoms with Crippen molar-refractivity contribution in [1.82, 2.24) is 35.1 Å². The van der Waals surface area contributed by atoms with Crippen LogP contribution in [-0.2, 0) is 18.9 Å². The summed E-state index contributed by atoms with van der Waals surface area (Å²) in [5.74, 6) is -5.45. The Bertz CT molecular complexity index is 1690. The molecule has 0 unspecified atom stereocenters. The second-order valence-electron chi connectivity index (χ2n) is 9.75. The highest BCUT2D eigenvalue weighted by molar-refractivity contribution is 7.98. The average molecular weight is 676 g/mol. The third kappa shape index (κ3) is 7.21. The normalized spacial score (nSPS) is 12.8. The van der Waals surface area contributed by atoms with Crippen LogP contribution in [0.15, 0.2) is 42.7 Å². The number of amides is 1. The fraction of sp³-hybridized carbons (Fsp3) is 0.333. The first kappa shape index (κ1) is 33.3. The lowest BCUT2D eigenvalue weighted by Crippen LogP contribution is -2.35. The van der Waals surface area contributed by atoms with Crippen molar-refractivity contribution in [2.24, 2.45) is 0 Å². The summed E-state index contributed by atoms with van der Waals surface area (Å²) in [5.41, 5.74) is -0.423. The quantitative estimate of drug-likeness (QED) is 0.152. The van der Waals surface area contributed by atoms with Gasteiger partial charge in [0.05, 0.1) is 16.9 Å². The summed E-state index contributed by atoms with van der Waals surface area (Å²) >= 11 is 14.1. The molecule has 1 aromatic carbocycles. The van der Waals surface area contributed by atoms with Gasteiger partial charge in [0.25, 0.3) is 5.91 Å². The number of hydrogen-bond donors (Lipinski definition) is 1. The maximum absolute atomic E-state index is 13.8. The number of hydrogen-bond acceptors (Lipinski definition) is 7. The monoisotopic (exact) mass is 675 g/mol. The van der Waals surface area contributed by atoms with Crippen LogP contribution >= 0.6 is 35.0 Å². The molecule has 44 heavy (non-hydrogen) atoms. The molecule has 234 valence electrons. The van der Waals surface area contributed by atoms with Crippen molar-refractivity contribution in [3.05, 3.63) is 86.5 Å². The smallest absolute Gasteiger partial charge is 0.349 e. The molecule has 1 atom stereocenters.